The van der Waals surface area contributed by atoms with Crippen LogP contribution in [0, 0.1) is 27.7 Å². The maximum absolute atomic E-state index is 12.2. The molecule has 7 rings (SSSR count). The number of carbonyl (C=O) groups excluding carboxylic acids is 1. The van der Waals surface area contributed by atoms with Crippen LogP contribution in [0.1, 0.15) is 28.7 Å². The van der Waals surface area contributed by atoms with Crippen molar-refractivity contribution in [2.24, 2.45) is 40.9 Å². The minimum atomic E-state index is -4.46. The van der Waals surface area contributed by atoms with Crippen LogP contribution >= 0.6 is 0 Å². The molecule has 344 valence electrons. The summed E-state index contributed by atoms with van der Waals surface area (Å²) in [6.45, 7) is 7.71. The van der Waals surface area contributed by atoms with Crippen LogP contribution in [0.15, 0.2) is 173 Å². The van der Waals surface area contributed by atoms with E-state index in [-0.39, 0.29) is 41.8 Å². The van der Waals surface area contributed by atoms with Crippen molar-refractivity contribution in [1.29, 1.82) is 0 Å². The Bertz CT molecular complexity index is 3270. The number of phenolic OH excluding ortho intramolecular Hbond substituents is 1. The number of carboxylic acids is 1. The third kappa shape index (κ3) is 11.9. The first-order valence-corrected chi connectivity index (χ1v) is 22.3. The number of benzene rings is 7. The van der Waals surface area contributed by atoms with Gasteiger partial charge in [-0.1, -0.05) is 18.2 Å². The van der Waals surface area contributed by atoms with Crippen molar-refractivity contribution in [1.82, 2.24) is 0 Å². The summed E-state index contributed by atoms with van der Waals surface area (Å²) in [5.74, 6) is -0.993. The first kappa shape index (κ1) is 47.6. The number of phenols is 1. The summed E-state index contributed by atoms with van der Waals surface area (Å²) < 4.78 is 38.1. The SMILES string of the molecule is Cc1cc(N=Nc2cc(C)c(N=Nc3ccc4cc(N(C=O)c5ccc(NCOCCC(=O)O)cc5)ccc4c3O)cc2C)ccc1N=Nc1ccc(N=Nc2ccccc2S(=O)(=O)O)c(C)c1. The number of nitrogens with zero attached hydrogens (tertiary/aromatic N) is 9. The molecular weight excluding hydrogens is 889 g/mol. The second kappa shape index (κ2) is 21.3. The molecule has 0 saturated carbocycles. The third-order valence-corrected chi connectivity index (χ3v) is 11.3. The van der Waals surface area contributed by atoms with Crippen LogP contribution < -0.4 is 10.2 Å². The summed E-state index contributed by atoms with van der Waals surface area (Å²) >= 11 is 0. The Morgan fingerprint density at radius 1 is 0.618 bits per heavy atom. The molecule has 7 aromatic rings. The average molecular weight is 933 g/mol. The number of ether oxygens (including phenoxy) is 1. The lowest BCUT2D eigenvalue weighted by Crippen LogP contribution is -2.14. The summed E-state index contributed by atoms with van der Waals surface area (Å²) in [5.41, 5.74) is 8.91. The number of azo groups is 4. The highest BCUT2D eigenvalue weighted by Crippen LogP contribution is 2.39. The second-order valence-corrected chi connectivity index (χ2v) is 16.7. The van der Waals surface area contributed by atoms with Crippen LogP contribution in [0.25, 0.3) is 10.8 Å². The minimum Gasteiger partial charge on any atom is -0.505 e. The van der Waals surface area contributed by atoms with Gasteiger partial charge in [0.25, 0.3) is 10.1 Å². The standard InChI is InChI=1S/C49H44N10O8S/c1-30-23-37(12-19-41(30)53-51-36-13-20-42(31(2)24-36)54-55-43-7-5-6-8-47(43)68(64,65)66)52-57-45-25-33(4)46(26-32(45)3)58-56-44-18-9-34-27-39(16-17-40(34)49(44)63)59(29-60)38-14-10-35(11-15-38)50-28-67-22-21-48(61)62/h5-20,23-27,29,50,63H,21-22,28H2,1-4H3,(H,61,62)(H,64,65,66). The average Bonchev–Trinajstić information content (AvgIpc) is 3.31. The van der Waals surface area contributed by atoms with E-state index in [1.54, 1.807) is 91.0 Å². The highest BCUT2D eigenvalue weighted by atomic mass is 32.2. The number of aryl methyl sites for hydroxylation is 4. The molecule has 0 radical (unpaired) electrons. The molecular formula is C49H44N10O8S. The van der Waals surface area contributed by atoms with E-state index in [1.807, 2.05) is 45.9 Å². The lowest BCUT2D eigenvalue weighted by molar-refractivity contribution is -0.138. The first-order valence-electron chi connectivity index (χ1n) is 20.9. The van der Waals surface area contributed by atoms with Gasteiger partial charge in [0.15, 0.2) is 5.75 Å². The van der Waals surface area contributed by atoms with Gasteiger partial charge in [0.05, 0.1) is 47.2 Å². The molecule has 0 spiro atoms. The molecule has 7 aromatic carbocycles. The Morgan fingerprint density at radius 2 is 1.15 bits per heavy atom. The van der Waals surface area contributed by atoms with Crippen LogP contribution in [0.4, 0.5) is 62.6 Å². The molecule has 4 N–H and O–H groups in total. The molecule has 19 heteroatoms. The van der Waals surface area contributed by atoms with E-state index < -0.39 is 16.1 Å². The van der Waals surface area contributed by atoms with Gasteiger partial charge >= 0.3 is 5.97 Å². The monoisotopic (exact) mass is 932 g/mol. The molecule has 0 aliphatic carbocycles. The number of anilines is 3. The van der Waals surface area contributed by atoms with Gasteiger partial charge in [0.2, 0.25) is 6.41 Å². The highest BCUT2D eigenvalue weighted by Gasteiger charge is 2.16. The van der Waals surface area contributed by atoms with Crippen molar-refractivity contribution in [3.63, 3.8) is 0 Å². The molecule has 0 atom stereocenters. The number of nitrogens with one attached hydrogen (secondary N) is 1. The smallest absolute Gasteiger partial charge is 0.305 e. The molecule has 68 heavy (non-hydrogen) atoms. The number of carboxylic acid groups (broad SMARTS) is 1. The number of aromatic hydroxyl groups is 1. The summed E-state index contributed by atoms with van der Waals surface area (Å²) in [6, 6.07) is 35.9. The van der Waals surface area contributed by atoms with Crippen molar-refractivity contribution < 1.29 is 37.5 Å². The van der Waals surface area contributed by atoms with Crippen molar-refractivity contribution in [3.8, 4) is 5.75 Å². The molecule has 0 bridgehead atoms. The highest BCUT2D eigenvalue weighted by molar-refractivity contribution is 7.86. The van der Waals surface area contributed by atoms with Crippen molar-refractivity contribution >= 4 is 95.8 Å². The van der Waals surface area contributed by atoms with Crippen molar-refractivity contribution in [2.45, 2.75) is 39.0 Å². The zero-order valence-electron chi connectivity index (χ0n) is 37.1. The van der Waals surface area contributed by atoms with Gasteiger partial charge in [0, 0.05) is 22.4 Å². The zero-order valence-corrected chi connectivity index (χ0v) is 38.0. The molecule has 0 fully saturated rings. The Morgan fingerprint density at radius 3 is 1.75 bits per heavy atom. The molecule has 0 saturated heterocycles. The van der Waals surface area contributed by atoms with Gasteiger partial charge in [-0.15, -0.1) is 10.2 Å². The zero-order chi connectivity index (χ0) is 48.4. The topological polar surface area (TPSA) is 252 Å². The maximum Gasteiger partial charge on any atom is 0.305 e. The number of rotatable bonds is 18. The van der Waals surface area contributed by atoms with E-state index in [0.717, 1.165) is 27.9 Å². The van der Waals surface area contributed by atoms with E-state index in [2.05, 4.69) is 46.2 Å². The summed E-state index contributed by atoms with van der Waals surface area (Å²) in [7, 11) is -4.46. The van der Waals surface area contributed by atoms with E-state index in [0.29, 0.717) is 62.7 Å². The number of aliphatic carboxylic acids is 1. The normalized spacial score (nSPS) is 12.0. The van der Waals surface area contributed by atoms with E-state index in [4.69, 9.17) is 9.84 Å². The third-order valence-electron chi connectivity index (χ3n) is 10.4. The molecule has 1 amide bonds. The van der Waals surface area contributed by atoms with E-state index in [9.17, 15) is 27.7 Å². The van der Waals surface area contributed by atoms with Crippen molar-refractivity contribution in [2.75, 3.05) is 23.6 Å². The Kier molecular flexibility index (Phi) is 14.9. The molecule has 0 aromatic heterocycles. The van der Waals surface area contributed by atoms with Crippen molar-refractivity contribution in [3.05, 3.63) is 150 Å². The lowest BCUT2D eigenvalue weighted by Gasteiger charge is -2.19. The number of amides is 1. The van der Waals surface area contributed by atoms with Gasteiger partial charge in [-0.2, -0.15) is 39.1 Å². The fourth-order valence-electron chi connectivity index (χ4n) is 6.72. The molecule has 18 nitrogen and oxygen atoms in total. The second-order valence-electron chi connectivity index (χ2n) is 15.3. The van der Waals surface area contributed by atoms with Gasteiger partial charge in [-0.05, 0) is 165 Å². The van der Waals surface area contributed by atoms with Crippen LogP contribution in [0.5, 0.6) is 5.75 Å². The fourth-order valence-corrected chi connectivity index (χ4v) is 7.35. The van der Waals surface area contributed by atoms with Gasteiger partial charge in [0.1, 0.15) is 23.0 Å². The Balaban J connectivity index is 0.975. The predicted molar refractivity (Wildman–Crippen MR) is 258 cm³/mol. The maximum atomic E-state index is 12.2. The van der Waals surface area contributed by atoms with Crippen LogP contribution in [-0.2, 0) is 24.4 Å². The summed E-state index contributed by atoms with van der Waals surface area (Å²) in [4.78, 5) is 24.0. The van der Waals surface area contributed by atoms with Crippen LogP contribution in [-0.4, -0.2) is 48.9 Å². The number of hydrogen-bond donors (Lipinski definition) is 4. The summed E-state index contributed by atoms with van der Waals surface area (Å²) in [6.07, 6.45) is 0.621. The molecule has 0 heterocycles. The predicted octanol–water partition coefficient (Wildman–Crippen LogP) is 13.8. The lowest BCUT2D eigenvalue weighted by atomic mass is 10.1. The van der Waals surface area contributed by atoms with Gasteiger partial charge in [-0.25, -0.2) is 0 Å². The first-order chi connectivity index (χ1) is 32.7. The number of carbonyl (C=O) groups is 2. The molecule has 0 unspecified atom stereocenters. The van der Waals surface area contributed by atoms with Crippen LogP contribution in [0.3, 0.4) is 0 Å². The number of fused-ring (bicyclic) bond motifs is 1. The Labute approximate surface area is 390 Å². The van der Waals surface area contributed by atoms with E-state index in [1.165, 1.54) is 23.1 Å². The van der Waals surface area contributed by atoms with Gasteiger partial charge < -0.3 is 20.3 Å². The molecule has 0 aliphatic rings. The molecule has 0 aliphatic heterocycles. The van der Waals surface area contributed by atoms with Gasteiger partial charge in [-0.3, -0.25) is 19.0 Å². The Hall–Kier alpha value is -8.39. The van der Waals surface area contributed by atoms with Crippen LogP contribution in [0.2, 0.25) is 0 Å². The quantitative estimate of drug-likeness (QED) is 0.0209. The number of hydrogen-bond acceptors (Lipinski definition) is 15. The fraction of sp³-hybridized carbons (Fsp3) is 0.143. The summed E-state index contributed by atoms with van der Waals surface area (Å²) in [5, 5.41) is 59.0. The minimum absolute atomic E-state index is 0.0148. The largest absolute Gasteiger partial charge is 0.505 e. The van der Waals surface area contributed by atoms with E-state index >= 15 is 0 Å².